The zero-order valence-electron chi connectivity index (χ0n) is 9.14. The van der Waals surface area contributed by atoms with Crippen LogP contribution in [0.25, 0.3) is 10.9 Å². The van der Waals surface area contributed by atoms with E-state index in [2.05, 4.69) is 10.3 Å². The highest BCUT2D eigenvalue weighted by Gasteiger charge is 2.19. The zero-order valence-corrected chi connectivity index (χ0v) is 9.14. The minimum absolute atomic E-state index is 0.359. The number of hydrogen-bond donors (Lipinski definition) is 4. The molecule has 2 rings (SSSR count). The summed E-state index contributed by atoms with van der Waals surface area (Å²) in [5.74, 6) is 0. The van der Waals surface area contributed by atoms with Crippen LogP contribution in [0.5, 0.6) is 0 Å². The van der Waals surface area contributed by atoms with Crippen molar-refractivity contribution in [3.05, 3.63) is 36.0 Å². The van der Waals surface area contributed by atoms with E-state index < -0.39 is 12.2 Å². The molecule has 2 atom stereocenters. The van der Waals surface area contributed by atoms with Gasteiger partial charge in [0.15, 0.2) is 0 Å². The second-order valence-corrected chi connectivity index (χ2v) is 3.86. The smallest absolute Gasteiger partial charge is 0.108 e. The quantitative estimate of drug-likeness (QED) is 0.615. The Morgan fingerprint density at radius 3 is 2.88 bits per heavy atom. The molecule has 2 unspecified atom stereocenters. The Morgan fingerprint density at radius 1 is 1.31 bits per heavy atom. The van der Waals surface area contributed by atoms with Crippen LogP contribution in [0.1, 0.15) is 11.7 Å². The number of likely N-dealkylation sites (N-methyl/N-ethyl adjacent to an activating group) is 1. The molecule has 16 heavy (non-hydrogen) atoms. The molecule has 1 heterocycles. The lowest BCUT2D eigenvalue weighted by molar-refractivity contribution is 0.0210. The average Bonchev–Trinajstić information content (AvgIpc) is 2.76. The number of aromatic nitrogens is 1. The van der Waals surface area contributed by atoms with Crippen molar-refractivity contribution in [2.45, 2.75) is 12.2 Å². The third-order valence-electron chi connectivity index (χ3n) is 2.72. The number of fused-ring (bicyclic) bond motifs is 1. The molecule has 0 aliphatic carbocycles. The molecule has 0 saturated heterocycles. The molecule has 0 bridgehead atoms. The van der Waals surface area contributed by atoms with Crippen LogP contribution in [0.3, 0.4) is 0 Å². The van der Waals surface area contributed by atoms with Crippen LogP contribution >= 0.6 is 0 Å². The van der Waals surface area contributed by atoms with Crippen molar-refractivity contribution in [1.82, 2.24) is 10.3 Å². The molecule has 1 aromatic heterocycles. The largest absolute Gasteiger partial charge is 0.389 e. The van der Waals surface area contributed by atoms with Crippen LogP contribution in [-0.4, -0.2) is 34.9 Å². The predicted octanol–water partition coefficient (Wildman–Crippen LogP) is 0.782. The molecule has 0 saturated carbocycles. The van der Waals surface area contributed by atoms with Crippen LogP contribution in [0.4, 0.5) is 0 Å². The van der Waals surface area contributed by atoms with Gasteiger partial charge in [-0.3, -0.25) is 0 Å². The molecule has 0 spiro atoms. The van der Waals surface area contributed by atoms with Crippen molar-refractivity contribution in [1.29, 1.82) is 0 Å². The number of para-hydroxylation sites is 1. The molecule has 1 aromatic carbocycles. The molecular weight excluding hydrogens is 204 g/mol. The number of hydrogen-bond acceptors (Lipinski definition) is 3. The molecule has 86 valence electrons. The van der Waals surface area contributed by atoms with Gasteiger partial charge in [0, 0.05) is 18.3 Å². The van der Waals surface area contributed by atoms with E-state index in [1.807, 2.05) is 30.5 Å². The van der Waals surface area contributed by atoms with Crippen molar-refractivity contribution in [3.8, 4) is 0 Å². The van der Waals surface area contributed by atoms with E-state index in [-0.39, 0.29) is 0 Å². The van der Waals surface area contributed by atoms with Crippen LogP contribution in [-0.2, 0) is 0 Å². The minimum atomic E-state index is -0.880. The number of H-pyrrole nitrogens is 1. The maximum Gasteiger partial charge on any atom is 0.108 e. The number of nitrogens with one attached hydrogen (secondary N) is 2. The van der Waals surface area contributed by atoms with Gasteiger partial charge in [0.25, 0.3) is 0 Å². The lowest BCUT2D eigenvalue weighted by atomic mass is 10.0. The first-order valence-electron chi connectivity index (χ1n) is 5.30. The number of aromatic amines is 1. The van der Waals surface area contributed by atoms with E-state index in [1.165, 1.54) is 0 Å². The lowest BCUT2D eigenvalue weighted by Crippen LogP contribution is -2.29. The second kappa shape index (κ2) is 4.65. The molecule has 2 aromatic rings. The van der Waals surface area contributed by atoms with Gasteiger partial charge in [-0.2, -0.15) is 0 Å². The predicted molar refractivity (Wildman–Crippen MR) is 63.2 cm³/mol. The molecule has 0 aliphatic rings. The molecule has 0 aliphatic heterocycles. The highest BCUT2D eigenvalue weighted by molar-refractivity contribution is 5.82. The van der Waals surface area contributed by atoms with E-state index in [0.29, 0.717) is 6.54 Å². The van der Waals surface area contributed by atoms with Crippen LogP contribution in [0.2, 0.25) is 0 Å². The van der Waals surface area contributed by atoms with Crippen LogP contribution in [0, 0.1) is 0 Å². The first-order chi connectivity index (χ1) is 7.74. The number of rotatable bonds is 4. The van der Waals surface area contributed by atoms with E-state index in [9.17, 15) is 10.2 Å². The molecular formula is C12H16N2O2. The molecule has 0 fully saturated rings. The summed E-state index contributed by atoms with van der Waals surface area (Å²) in [7, 11) is 1.74. The fourth-order valence-corrected chi connectivity index (χ4v) is 1.88. The molecule has 4 nitrogen and oxygen atoms in total. The normalized spacial score (nSPS) is 15.2. The fourth-order valence-electron chi connectivity index (χ4n) is 1.88. The van der Waals surface area contributed by atoms with E-state index >= 15 is 0 Å². The molecule has 0 radical (unpaired) electrons. The number of aliphatic hydroxyl groups excluding tert-OH is 2. The van der Waals surface area contributed by atoms with E-state index in [1.54, 1.807) is 7.05 Å². The van der Waals surface area contributed by atoms with Crippen LogP contribution in [0.15, 0.2) is 30.5 Å². The Hall–Kier alpha value is -1.36. The van der Waals surface area contributed by atoms with Gasteiger partial charge in [0.1, 0.15) is 6.10 Å². The van der Waals surface area contributed by atoms with Gasteiger partial charge in [0.05, 0.1) is 11.6 Å². The van der Waals surface area contributed by atoms with Gasteiger partial charge in [0.2, 0.25) is 0 Å². The Labute approximate surface area is 93.9 Å². The summed E-state index contributed by atoms with van der Waals surface area (Å²) in [5, 5.41) is 23.6. The summed E-state index contributed by atoms with van der Waals surface area (Å²) < 4.78 is 0. The Kier molecular flexibility index (Phi) is 3.24. The van der Waals surface area contributed by atoms with Crippen molar-refractivity contribution in [3.63, 3.8) is 0 Å². The monoisotopic (exact) mass is 220 g/mol. The Balaban J connectivity index is 2.35. The van der Waals surface area contributed by atoms with Crippen molar-refractivity contribution < 1.29 is 10.2 Å². The summed E-state index contributed by atoms with van der Waals surface area (Å²) in [6, 6.07) is 7.60. The third-order valence-corrected chi connectivity index (χ3v) is 2.72. The summed E-state index contributed by atoms with van der Waals surface area (Å²) in [6.07, 6.45) is 0.138. The minimum Gasteiger partial charge on any atom is -0.389 e. The first-order valence-corrected chi connectivity index (χ1v) is 5.30. The maximum absolute atomic E-state index is 10.0. The number of aliphatic hydroxyl groups is 2. The van der Waals surface area contributed by atoms with Crippen molar-refractivity contribution in [2.75, 3.05) is 13.6 Å². The Bertz CT molecular complexity index is 467. The molecule has 4 N–H and O–H groups in total. The van der Waals surface area contributed by atoms with Crippen molar-refractivity contribution >= 4 is 10.9 Å². The van der Waals surface area contributed by atoms with E-state index in [4.69, 9.17) is 0 Å². The highest BCUT2D eigenvalue weighted by atomic mass is 16.3. The standard InChI is InChI=1S/C12H16N2O2/c1-13-7-10(15)12(16)9-4-2-3-8-5-6-14-11(8)9/h2-6,10,12-16H,7H2,1H3. The van der Waals surface area contributed by atoms with Gasteiger partial charge < -0.3 is 20.5 Å². The first kappa shape index (κ1) is 11.1. The van der Waals surface area contributed by atoms with E-state index in [0.717, 1.165) is 16.5 Å². The number of benzene rings is 1. The average molecular weight is 220 g/mol. The SMILES string of the molecule is CNCC(O)C(O)c1cccc2cc[nH]c12. The molecule has 4 heteroatoms. The third kappa shape index (κ3) is 1.95. The Morgan fingerprint density at radius 2 is 2.12 bits per heavy atom. The summed E-state index contributed by atoms with van der Waals surface area (Å²) in [5.41, 5.74) is 1.61. The lowest BCUT2D eigenvalue weighted by Gasteiger charge is -2.18. The van der Waals surface area contributed by atoms with Crippen LogP contribution < -0.4 is 5.32 Å². The highest BCUT2D eigenvalue weighted by Crippen LogP contribution is 2.24. The van der Waals surface area contributed by atoms with Crippen molar-refractivity contribution in [2.24, 2.45) is 0 Å². The zero-order chi connectivity index (χ0) is 11.5. The topological polar surface area (TPSA) is 68.3 Å². The fraction of sp³-hybridized carbons (Fsp3) is 0.333. The van der Waals surface area contributed by atoms with Gasteiger partial charge in [-0.25, -0.2) is 0 Å². The maximum atomic E-state index is 10.0. The second-order valence-electron chi connectivity index (χ2n) is 3.86. The summed E-state index contributed by atoms with van der Waals surface area (Å²) in [4.78, 5) is 3.07. The van der Waals surface area contributed by atoms with Gasteiger partial charge >= 0.3 is 0 Å². The van der Waals surface area contributed by atoms with Gasteiger partial charge in [-0.1, -0.05) is 18.2 Å². The summed E-state index contributed by atoms with van der Waals surface area (Å²) in [6.45, 7) is 0.359. The van der Waals surface area contributed by atoms with Gasteiger partial charge in [-0.05, 0) is 18.5 Å². The summed E-state index contributed by atoms with van der Waals surface area (Å²) >= 11 is 0. The van der Waals surface area contributed by atoms with Gasteiger partial charge in [-0.15, -0.1) is 0 Å². The molecule has 0 amide bonds.